The first-order valence-electron chi connectivity index (χ1n) is 6.38. The van der Waals surface area contributed by atoms with Crippen molar-refractivity contribution in [3.05, 3.63) is 35.6 Å². The van der Waals surface area contributed by atoms with Gasteiger partial charge < -0.3 is 17.3 Å². The Kier molecular flexibility index (Phi) is 6.30. The van der Waals surface area contributed by atoms with Gasteiger partial charge in [0.05, 0.1) is 26.1 Å². The third-order valence-electron chi connectivity index (χ3n) is 3.43. The molecule has 0 spiro atoms. The number of benzene rings is 1. The number of carbonyl (C=O) groups excluding carboxylic acids is 1. The molecule has 100 valence electrons. The van der Waals surface area contributed by atoms with E-state index in [2.05, 4.69) is 0 Å². The molecule has 0 atom stereocenters. The van der Waals surface area contributed by atoms with Gasteiger partial charge in [-0.25, -0.2) is 4.39 Å². The van der Waals surface area contributed by atoms with Gasteiger partial charge in [-0.1, -0.05) is 0 Å². The number of quaternary nitrogens is 1. The Bertz CT molecular complexity index is 374. The summed E-state index contributed by atoms with van der Waals surface area (Å²) in [5.41, 5.74) is 0.628. The topological polar surface area (TPSA) is 21.5 Å². The van der Waals surface area contributed by atoms with E-state index in [1.807, 2.05) is 0 Å². The summed E-state index contributed by atoms with van der Waals surface area (Å²) in [6, 6.07) is 5.84. The quantitative estimate of drug-likeness (QED) is 0.660. The zero-order valence-corrected chi connectivity index (χ0v) is 11.2. The van der Waals surface area contributed by atoms with Gasteiger partial charge in [0.1, 0.15) is 5.82 Å². The van der Waals surface area contributed by atoms with Crippen molar-refractivity contribution in [3.8, 4) is 0 Å². The summed E-state index contributed by atoms with van der Waals surface area (Å²) in [6.45, 7) is 3.30. The average molecular weight is 272 g/mol. The molecule has 1 aromatic carbocycles. The molecule has 0 radical (unpaired) electrons. The maximum absolute atomic E-state index is 12.7. The first-order valence-corrected chi connectivity index (χ1v) is 6.38. The minimum atomic E-state index is -0.289. The van der Waals surface area contributed by atoms with E-state index in [-0.39, 0.29) is 24.0 Å². The number of rotatable bonds is 4. The number of Topliss-reactive ketones (excluding diaryl/α,β-unsaturated/α-hetero) is 1. The summed E-state index contributed by atoms with van der Waals surface area (Å²) in [5.74, 6) is -0.161. The Morgan fingerprint density at radius 3 is 2.33 bits per heavy atom. The fraction of sp³-hybridized carbons (Fsp3) is 0.500. The number of nitrogens with one attached hydrogen (secondary N) is 1. The van der Waals surface area contributed by atoms with Crippen LogP contribution >= 0.6 is 0 Å². The van der Waals surface area contributed by atoms with Crippen LogP contribution < -0.4 is 17.3 Å². The Balaban J connectivity index is 0.00000162. The maximum atomic E-state index is 12.7. The second-order valence-corrected chi connectivity index (χ2v) is 4.74. The van der Waals surface area contributed by atoms with Gasteiger partial charge in [0.15, 0.2) is 5.78 Å². The summed E-state index contributed by atoms with van der Waals surface area (Å²) < 4.78 is 12.7. The van der Waals surface area contributed by atoms with Crippen molar-refractivity contribution in [1.29, 1.82) is 0 Å². The number of likely N-dealkylation sites (tertiary alicyclic amines) is 1. The summed E-state index contributed by atoms with van der Waals surface area (Å²) in [7, 11) is 0. The van der Waals surface area contributed by atoms with Crippen LogP contribution in [0.4, 0.5) is 4.39 Å². The van der Waals surface area contributed by atoms with Crippen LogP contribution in [-0.2, 0) is 0 Å². The highest BCUT2D eigenvalue weighted by atomic mass is 35.5. The van der Waals surface area contributed by atoms with Crippen LogP contribution in [0.1, 0.15) is 36.0 Å². The van der Waals surface area contributed by atoms with Gasteiger partial charge in [-0.3, -0.25) is 4.79 Å². The highest BCUT2D eigenvalue weighted by Gasteiger charge is 2.15. The maximum Gasteiger partial charge on any atom is 0.168 e. The van der Waals surface area contributed by atoms with E-state index in [9.17, 15) is 9.18 Å². The molecule has 0 amide bonds. The van der Waals surface area contributed by atoms with Gasteiger partial charge >= 0.3 is 0 Å². The van der Waals surface area contributed by atoms with Gasteiger partial charge in [0.25, 0.3) is 0 Å². The van der Waals surface area contributed by atoms with E-state index in [1.54, 1.807) is 12.1 Å². The number of hydrogen-bond donors (Lipinski definition) is 1. The van der Waals surface area contributed by atoms with Crippen molar-refractivity contribution in [3.63, 3.8) is 0 Å². The third kappa shape index (κ3) is 4.39. The van der Waals surface area contributed by atoms with E-state index < -0.39 is 0 Å². The molecule has 2 rings (SSSR count). The van der Waals surface area contributed by atoms with Crippen molar-refractivity contribution < 1.29 is 26.5 Å². The van der Waals surface area contributed by atoms with Crippen molar-refractivity contribution in [2.24, 2.45) is 0 Å². The molecule has 1 aliphatic heterocycles. The molecule has 4 heteroatoms. The van der Waals surface area contributed by atoms with E-state index in [4.69, 9.17) is 0 Å². The van der Waals surface area contributed by atoms with Gasteiger partial charge in [0, 0.05) is 5.56 Å². The second kappa shape index (κ2) is 7.49. The third-order valence-corrected chi connectivity index (χ3v) is 3.43. The lowest BCUT2D eigenvalue weighted by Crippen LogP contribution is -3.12. The lowest BCUT2D eigenvalue weighted by molar-refractivity contribution is -0.904. The zero-order chi connectivity index (χ0) is 12.1. The monoisotopic (exact) mass is 271 g/mol. The summed E-state index contributed by atoms with van der Waals surface area (Å²) >= 11 is 0. The van der Waals surface area contributed by atoms with Crippen molar-refractivity contribution >= 4 is 5.78 Å². The Labute approximate surface area is 114 Å². The molecule has 1 saturated heterocycles. The van der Waals surface area contributed by atoms with Gasteiger partial charge in [0.2, 0.25) is 0 Å². The van der Waals surface area contributed by atoms with Crippen LogP contribution in [0, 0.1) is 5.82 Å². The normalized spacial score (nSPS) is 16.1. The largest absolute Gasteiger partial charge is 1.00 e. The average Bonchev–Trinajstić information content (AvgIpc) is 2.38. The second-order valence-electron chi connectivity index (χ2n) is 4.74. The van der Waals surface area contributed by atoms with Crippen LogP contribution in [0.25, 0.3) is 0 Å². The molecule has 0 bridgehead atoms. The Hall–Kier alpha value is -0.930. The predicted molar refractivity (Wildman–Crippen MR) is 64.8 cm³/mol. The smallest absolute Gasteiger partial charge is 0.168 e. The molecule has 0 aliphatic carbocycles. The number of ketones is 1. The van der Waals surface area contributed by atoms with Crippen LogP contribution in [0.5, 0.6) is 0 Å². The molecule has 2 nitrogen and oxygen atoms in total. The lowest BCUT2D eigenvalue weighted by Gasteiger charge is -2.23. The molecule has 18 heavy (non-hydrogen) atoms. The molecular weight excluding hydrogens is 253 g/mol. The van der Waals surface area contributed by atoms with Crippen LogP contribution in [0.15, 0.2) is 24.3 Å². The Morgan fingerprint density at radius 2 is 1.72 bits per heavy atom. The minimum absolute atomic E-state index is 0. The molecule has 1 heterocycles. The van der Waals surface area contributed by atoms with Crippen LogP contribution in [-0.4, -0.2) is 25.4 Å². The highest BCUT2D eigenvalue weighted by molar-refractivity contribution is 5.96. The van der Waals surface area contributed by atoms with E-state index >= 15 is 0 Å². The van der Waals surface area contributed by atoms with Crippen LogP contribution in [0.2, 0.25) is 0 Å². The standard InChI is InChI=1S/C14H18FNO.ClH/c15-13-6-4-12(5-7-13)14(17)8-11-16-9-2-1-3-10-16;/h4-7H,1-3,8-11H2;1H. The van der Waals surface area contributed by atoms with Gasteiger partial charge in [-0.2, -0.15) is 0 Å². The zero-order valence-electron chi connectivity index (χ0n) is 10.4. The number of piperidine rings is 1. The van der Waals surface area contributed by atoms with Gasteiger partial charge in [-0.05, 0) is 43.5 Å². The molecule has 1 aromatic rings. The Morgan fingerprint density at radius 1 is 1.11 bits per heavy atom. The summed E-state index contributed by atoms with van der Waals surface area (Å²) in [5, 5.41) is 0. The fourth-order valence-electron chi connectivity index (χ4n) is 2.37. The molecule has 1 fully saturated rings. The van der Waals surface area contributed by atoms with Crippen molar-refractivity contribution in [2.45, 2.75) is 25.7 Å². The van der Waals surface area contributed by atoms with Crippen molar-refractivity contribution in [1.82, 2.24) is 0 Å². The predicted octanol–water partition coefficient (Wildman–Crippen LogP) is -1.53. The fourth-order valence-corrected chi connectivity index (χ4v) is 2.37. The SMILES string of the molecule is O=C(CC[NH+]1CCCCC1)c1ccc(F)cc1.[Cl-]. The van der Waals surface area contributed by atoms with Gasteiger partial charge in [-0.15, -0.1) is 0 Å². The summed E-state index contributed by atoms with van der Waals surface area (Å²) in [4.78, 5) is 13.4. The van der Waals surface area contributed by atoms with E-state index in [0.29, 0.717) is 12.0 Å². The first kappa shape index (κ1) is 15.1. The highest BCUT2D eigenvalue weighted by Crippen LogP contribution is 2.05. The number of halogens is 2. The van der Waals surface area contributed by atoms with E-state index in [0.717, 1.165) is 6.54 Å². The van der Waals surface area contributed by atoms with Crippen molar-refractivity contribution in [2.75, 3.05) is 19.6 Å². The van der Waals surface area contributed by atoms with Crippen LogP contribution in [0.3, 0.4) is 0 Å². The molecule has 0 unspecified atom stereocenters. The number of hydrogen-bond acceptors (Lipinski definition) is 1. The minimum Gasteiger partial charge on any atom is -1.00 e. The number of carbonyl (C=O) groups is 1. The molecule has 1 aliphatic rings. The molecule has 0 saturated carbocycles. The molecular formula is C14H19ClFNO. The lowest BCUT2D eigenvalue weighted by atomic mass is 10.1. The molecule has 1 N–H and O–H groups in total. The first-order chi connectivity index (χ1) is 8.25. The molecule has 0 aromatic heterocycles. The summed E-state index contributed by atoms with van der Waals surface area (Å²) in [6.07, 6.45) is 4.45. The van der Waals surface area contributed by atoms with E-state index in [1.165, 1.54) is 49.4 Å².